The zero-order chi connectivity index (χ0) is 27.7. The van der Waals surface area contributed by atoms with Crippen LogP contribution in [0.4, 0.5) is 23.4 Å². The molecule has 4 aromatic rings. The van der Waals surface area contributed by atoms with E-state index in [-0.39, 0.29) is 12.0 Å². The molecule has 0 radical (unpaired) electrons. The Morgan fingerprint density at radius 2 is 1.79 bits per heavy atom. The van der Waals surface area contributed by atoms with E-state index in [9.17, 15) is 22.4 Å². The molecule has 0 bridgehead atoms. The minimum Gasteiger partial charge on any atom is -0.382 e. The van der Waals surface area contributed by atoms with Crippen LogP contribution in [0.5, 0.6) is 0 Å². The lowest BCUT2D eigenvalue weighted by Crippen LogP contribution is -2.36. The highest BCUT2D eigenvalue weighted by Crippen LogP contribution is 2.35. The van der Waals surface area contributed by atoms with E-state index in [2.05, 4.69) is 15.0 Å². The third-order valence-electron chi connectivity index (χ3n) is 7.00. The maximum atomic E-state index is 14.1. The Hall–Kier alpha value is -3.83. The van der Waals surface area contributed by atoms with Crippen LogP contribution in [-0.2, 0) is 35.1 Å². The van der Waals surface area contributed by atoms with Gasteiger partial charge in [0.2, 0.25) is 0 Å². The maximum absolute atomic E-state index is 14.1. The minimum absolute atomic E-state index is 0.0427. The SMILES string of the molecule is Cc1c(-c2ccc(CC(=O)Cc3cc(C(F)(F)F)ccc3F)cc2)c2c(N)ncnn2c1CN1CCOCC1. The minimum atomic E-state index is -4.61. The molecule has 2 aromatic carbocycles. The van der Waals surface area contributed by atoms with Crippen LogP contribution in [0, 0.1) is 12.7 Å². The Bertz CT molecular complexity index is 1510. The third kappa shape index (κ3) is 5.64. The first-order chi connectivity index (χ1) is 18.6. The van der Waals surface area contributed by atoms with Gasteiger partial charge in [0.1, 0.15) is 23.4 Å². The van der Waals surface area contributed by atoms with Gasteiger partial charge in [-0.15, -0.1) is 0 Å². The zero-order valence-corrected chi connectivity index (χ0v) is 21.3. The van der Waals surface area contributed by atoms with Gasteiger partial charge in [0.15, 0.2) is 5.82 Å². The number of aromatic nitrogens is 3. The number of carbonyl (C=O) groups is 1. The van der Waals surface area contributed by atoms with Crippen molar-refractivity contribution in [3.8, 4) is 11.1 Å². The predicted octanol–water partition coefficient (Wildman–Crippen LogP) is 4.63. The van der Waals surface area contributed by atoms with Gasteiger partial charge < -0.3 is 10.5 Å². The van der Waals surface area contributed by atoms with Crippen molar-refractivity contribution in [3.05, 3.63) is 82.6 Å². The molecule has 0 aliphatic carbocycles. The lowest BCUT2D eigenvalue weighted by molar-refractivity contribution is -0.137. The second kappa shape index (κ2) is 10.7. The van der Waals surface area contributed by atoms with Crippen molar-refractivity contribution >= 4 is 17.1 Å². The molecule has 0 amide bonds. The van der Waals surface area contributed by atoms with E-state index >= 15 is 0 Å². The van der Waals surface area contributed by atoms with Crippen LogP contribution in [0.2, 0.25) is 0 Å². The number of benzene rings is 2. The second-order valence-electron chi connectivity index (χ2n) is 9.63. The van der Waals surface area contributed by atoms with E-state index in [0.29, 0.717) is 48.8 Å². The van der Waals surface area contributed by atoms with Crippen molar-refractivity contribution in [1.29, 1.82) is 0 Å². The Kier molecular flexibility index (Phi) is 7.37. The number of nitrogen functional groups attached to an aromatic ring is 1. The topological polar surface area (TPSA) is 85.8 Å². The maximum Gasteiger partial charge on any atom is 0.416 e. The molecule has 5 rings (SSSR count). The molecule has 204 valence electrons. The fourth-order valence-electron chi connectivity index (χ4n) is 4.97. The number of ketones is 1. The monoisotopic (exact) mass is 541 g/mol. The highest BCUT2D eigenvalue weighted by molar-refractivity contribution is 5.91. The van der Waals surface area contributed by atoms with Crippen LogP contribution in [0.1, 0.15) is 27.9 Å². The first kappa shape index (κ1) is 26.8. The number of alkyl halides is 3. The molecule has 2 N–H and O–H groups in total. The molecule has 0 atom stereocenters. The molecule has 0 spiro atoms. The largest absolute Gasteiger partial charge is 0.416 e. The van der Waals surface area contributed by atoms with Crippen LogP contribution >= 0.6 is 0 Å². The molecular formula is C28H27F4N5O2. The first-order valence-electron chi connectivity index (χ1n) is 12.5. The number of rotatable bonds is 7. The first-order valence-corrected chi connectivity index (χ1v) is 12.5. The average Bonchev–Trinajstić information content (AvgIpc) is 3.18. The van der Waals surface area contributed by atoms with Crippen molar-refractivity contribution in [1.82, 2.24) is 19.5 Å². The molecule has 0 saturated carbocycles. The fourth-order valence-corrected chi connectivity index (χ4v) is 4.97. The number of halogens is 4. The van der Waals surface area contributed by atoms with Gasteiger partial charge in [-0.05, 0) is 47.4 Å². The van der Waals surface area contributed by atoms with Crippen LogP contribution in [0.15, 0.2) is 48.8 Å². The van der Waals surface area contributed by atoms with Crippen molar-refractivity contribution in [2.45, 2.75) is 32.5 Å². The summed E-state index contributed by atoms with van der Waals surface area (Å²) in [6.45, 7) is 5.66. The highest BCUT2D eigenvalue weighted by atomic mass is 19.4. The summed E-state index contributed by atoms with van der Waals surface area (Å²) in [6.07, 6.45) is -3.66. The van der Waals surface area contributed by atoms with E-state index in [1.807, 2.05) is 23.6 Å². The molecule has 2 aromatic heterocycles. The van der Waals surface area contributed by atoms with Gasteiger partial charge in [-0.1, -0.05) is 24.3 Å². The van der Waals surface area contributed by atoms with Gasteiger partial charge in [-0.2, -0.15) is 18.3 Å². The second-order valence-corrected chi connectivity index (χ2v) is 9.63. The molecule has 39 heavy (non-hydrogen) atoms. The molecular weight excluding hydrogens is 514 g/mol. The fraction of sp³-hybridized carbons (Fsp3) is 0.321. The van der Waals surface area contributed by atoms with Crippen molar-refractivity contribution in [3.63, 3.8) is 0 Å². The number of fused-ring (bicyclic) bond motifs is 1. The summed E-state index contributed by atoms with van der Waals surface area (Å²) < 4.78 is 60.4. The lowest BCUT2D eigenvalue weighted by Gasteiger charge is -2.26. The number of nitrogens with zero attached hydrogens (tertiary/aromatic N) is 4. The van der Waals surface area contributed by atoms with Gasteiger partial charge >= 0.3 is 6.18 Å². The van der Waals surface area contributed by atoms with Gasteiger partial charge in [0, 0.05) is 38.0 Å². The molecule has 1 saturated heterocycles. The Balaban J connectivity index is 1.38. The Labute approximate surface area is 222 Å². The Morgan fingerprint density at radius 1 is 1.08 bits per heavy atom. The van der Waals surface area contributed by atoms with Gasteiger partial charge in [0.25, 0.3) is 0 Å². The van der Waals surface area contributed by atoms with Crippen molar-refractivity contribution in [2.75, 3.05) is 32.0 Å². The summed E-state index contributed by atoms with van der Waals surface area (Å²) >= 11 is 0. The number of nitrogens with two attached hydrogens (primary N) is 1. The summed E-state index contributed by atoms with van der Waals surface area (Å²) in [6, 6.07) is 9.38. The molecule has 11 heteroatoms. The van der Waals surface area contributed by atoms with Gasteiger partial charge in [-0.3, -0.25) is 9.69 Å². The van der Waals surface area contributed by atoms with Crippen LogP contribution in [0.3, 0.4) is 0 Å². The summed E-state index contributed by atoms with van der Waals surface area (Å²) in [4.78, 5) is 19.1. The van der Waals surface area contributed by atoms with E-state index < -0.39 is 29.8 Å². The van der Waals surface area contributed by atoms with E-state index in [1.54, 1.807) is 12.1 Å². The number of Topliss-reactive ketones (excluding diaryl/α,β-unsaturated/α-hetero) is 1. The highest BCUT2D eigenvalue weighted by Gasteiger charge is 2.31. The molecule has 1 aliphatic heterocycles. The molecule has 1 fully saturated rings. The number of anilines is 1. The van der Waals surface area contributed by atoms with Gasteiger partial charge in [-0.25, -0.2) is 13.9 Å². The standard InChI is InChI=1S/C28H27F4N5O2/c1-17-24(15-36-8-10-39-11-9-36)37-26(27(33)34-16-35-37)25(17)19-4-2-18(3-5-19)12-22(38)14-20-13-21(28(30,31)32)6-7-23(20)29/h2-7,13,16H,8-12,14-15H2,1H3,(H2,33,34,35). The smallest absolute Gasteiger partial charge is 0.382 e. The van der Waals surface area contributed by atoms with Crippen LogP contribution < -0.4 is 5.73 Å². The van der Waals surface area contributed by atoms with E-state index in [4.69, 9.17) is 10.5 Å². The van der Waals surface area contributed by atoms with Crippen molar-refractivity contribution in [2.24, 2.45) is 0 Å². The molecule has 7 nitrogen and oxygen atoms in total. The number of carbonyl (C=O) groups excluding carboxylic acids is 1. The summed E-state index contributed by atoms with van der Waals surface area (Å²) in [5.74, 6) is -0.883. The summed E-state index contributed by atoms with van der Waals surface area (Å²) in [7, 11) is 0. The van der Waals surface area contributed by atoms with E-state index in [1.165, 1.54) is 6.33 Å². The Morgan fingerprint density at radius 3 is 2.49 bits per heavy atom. The summed E-state index contributed by atoms with van der Waals surface area (Å²) in [5.41, 5.74) is 10.1. The van der Waals surface area contributed by atoms with E-state index in [0.717, 1.165) is 41.5 Å². The van der Waals surface area contributed by atoms with Gasteiger partial charge in [0.05, 0.1) is 24.5 Å². The number of hydrogen-bond donors (Lipinski definition) is 1. The van der Waals surface area contributed by atoms with Crippen LogP contribution in [-0.4, -0.2) is 51.6 Å². The molecule has 0 unspecified atom stereocenters. The number of hydrogen-bond acceptors (Lipinski definition) is 6. The molecule has 1 aliphatic rings. The quantitative estimate of drug-likeness (QED) is 0.344. The number of ether oxygens (including phenoxy) is 1. The zero-order valence-electron chi connectivity index (χ0n) is 21.3. The lowest BCUT2D eigenvalue weighted by atomic mass is 9.97. The predicted molar refractivity (Wildman–Crippen MR) is 137 cm³/mol. The third-order valence-corrected chi connectivity index (χ3v) is 7.00. The normalized spacial score (nSPS) is 14.7. The number of morpholine rings is 1. The average molecular weight is 542 g/mol. The van der Waals surface area contributed by atoms with Crippen LogP contribution in [0.25, 0.3) is 16.6 Å². The van der Waals surface area contributed by atoms with Crippen molar-refractivity contribution < 1.29 is 27.1 Å². The summed E-state index contributed by atoms with van der Waals surface area (Å²) in [5, 5.41) is 4.46. The molecule has 3 heterocycles.